The van der Waals surface area contributed by atoms with Gasteiger partial charge in [-0.25, -0.2) is 9.48 Å². The van der Waals surface area contributed by atoms with Crippen molar-refractivity contribution >= 4 is 11.9 Å². The molecule has 1 aliphatic rings. The summed E-state index contributed by atoms with van der Waals surface area (Å²) in [6, 6.07) is 5.21. The van der Waals surface area contributed by atoms with Gasteiger partial charge in [-0.1, -0.05) is 32.3 Å². The van der Waals surface area contributed by atoms with Gasteiger partial charge in [0.1, 0.15) is 12.4 Å². The van der Waals surface area contributed by atoms with Crippen molar-refractivity contribution in [1.29, 1.82) is 0 Å². The Balaban J connectivity index is 1.92. The minimum atomic E-state index is -0.488. The largest absolute Gasteiger partial charge is 0.493 e. The number of unbranched alkanes of at least 4 members (excludes halogenated alkanes) is 3. The van der Waals surface area contributed by atoms with Crippen LogP contribution in [0.25, 0.3) is 0 Å². The normalized spacial score (nSPS) is 15.5. The summed E-state index contributed by atoms with van der Waals surface area (Å²) in [7, 11) is 1.61. The number of allylic oxidation sites excluding steroid dienone is 1. The Morgan fingerprint density at radius 2 is 2.03 bits per heavy atom. The Bertz CT molecular complexity index is 935. The first kappa shape index (κ1) is 22.7. The first-order valence-electron chi connectivity index (χ1n) is 10.8. The number of rotatable bonds is 10. The standard InChI is InChI=1S/C23H32N4O4/c1-6-7-8-9-12-30-18-11-10-17(13-19(18)29-5)21-20(22(28)31-15(2)3)16(4)26-23-24-14-25-27(21)23/h10-11,13-15,21H,6-9,12H2,1-5H3,(H,24,25,26). The molecule has 1 N–H and O–H groups in total. The van der Waals surface area contributed by atoms with E-state index in [1.165, 1.54) is 19.2 Å². The van der Waals surface area contributed by atoms with Gasteiger partial charge in [0.2, 0.25) is 5.95 Å². The summed E-state index contributed by atoms with van der Waals surface area (Å²) in [6.45, 7) is 8.32. The molecular weight excluding hydrogens is 396 g/mol. The van der Waals surface area contributed by atoms with Crippen LogP contribution in [0.4, 0.5) is 5.95 Å². The molecular formula is C23H32N4O4. The molecule has 1 aliphatic heterocycles. The smallest absolute Gasteiger partial charge is 0.338 e. The minimum Gasteiger partial charge on any atom is -0.493 e. The van der Waals surface area contributed by atoms with Crippen LogP contribution in [-0.4, -0.2) is 40.6 Å². The van der Waals surface area contributed by atoms with Crippen molar-refractivity contribution in [3.63, 3.8) is 0 Å². The highest BCUT2D eigenvalue weighted by atomic mass is 16.5. The van der Waals surface area contributed by atoms with Crippen molar-refractivity contribution in [3.05, 3.63) is 41.4 Å². The topological polar surface area (TPSA) is 87.5 Å². The third kappa shape index (κ3) is 5.18. The molecule has 0 fully saturated rings. The Kier molecular flexibility index (Phi) is 7.55. The number of methoxy groups -OCH3 is 1. The second-order valence-electron chi connectivity index (χ2n) is 7.87. The summed E-state index contributed by atoms with van der Waals surface area (Å²) in [5.41, 5.74) is 2.01. The molecule has 8 nitrogen and oxygen atoms in total. The molecule has 0 radical (unpaired) electrons. The van der Waals surface area contributed by atoms with Gasteiger partial charge in [-0.15, -0.1) is 0 Å². The van der Waals surface area contributed by atoms with Gasteiger partial charge in [-0.3, -0.25) is 0 Å². The fourth-order valence-corrected chi connectivity index (χ4v) is 3.63. The van der Waals surface area contributed by atoms with E-state index in [1.54, 1.807) is 11.8 Å². The molecule has 0 amide bonds. The number of esters is 1. The number of carbonyl (C=O) groups is 1. The molecule has 0 aliphatic carbocycles. The molecule has 8 heteroatoms. The van der Waals surface area contributed by atoms with Crippen LogP contribution in [0.2, 0.25) is 0 Å². The van der Waals surface area contributed by atoms with Crippen molar-refractivity contribution in [3.8, 4) is 11.5 Å². The van der Waals surface area contributed by atoms with Crippen molar-refractivity contribution in [2.45, 2.75) is 65.5 Å². The van der Waals surface area contributed by atoms with Crippen molar-refractivity contribution in [2.24, 2.45) is 0 Å². The van der Waals surface area contributed by atoms with E-state index < -0.39 is 6.04 Å². The van der Waals surface area contributed by atoms with Crippen LogP contribution in [0, 0.1) is 0 Å². The number of carbonyl (C=O) groups excluding carboxylic acids is 1. The summed E-state index contributed by atoms with van der Waals surface area (Å²) in [5, 5.41) is 7.49. The lowest BCUT2D eigenvalue weighted by Crippen LogP contribution is -2.30. The summed E-state index contributed by atoms with van der Waals surface area (Å²) < 4.78 is 18.7. The van der Waals surface area contributed by atoms with Crippen LogP contribution in [0.3, 0.4) is 0 Å². The van der Waals surface area contributed by atoms with E-state index in [0.717, 1.165) is 18.4 Å². The SMILES string of the molecule is CCCCCCOc1ccc(C2C(C(=O)OC(C)C)=C(C)Nc3ncnn32)cc1OC. The maximum atomic E-state index is 12.9. The molecule has 0 saturated heterocycles. The van der Waals surface area contributed by atoms with E-state index in [4.69, 9.17) is 14.2 Å². The second kappa shape index (κ2) is 10.3. The number of nitrogens with zero attached hydrogens (tertiary/aromatic N) is 3. The fourth-order valence-electron chi connectivity index (χ4n) is 3.63. The van der Waals surface area contributed by atoms with E-state index in [-0.39, 0.29) is 12.1 Å². The fraction of sp³-hybridized carbons (Fsp3) is 0.522. The van der Waals surface area contributed by atoms with E-state index in [2.05, 4.69) is 22.3 Å². The third-order valence-electron chi connectivity index (χ3n) is 5.12. The van der Waals surface area contributed by atoms with Gasteiger partial charge in [0.15, 0.2) is 11.5 Å². The molecule has 1 unspecified atom stereocenters. The highest BCUT2D eigenvalue weighted by Crippen LogP contribution is 2.39. The number of benzene rings is 1. The van der Waals surface area contributed by atoms with Crippen LogP contribution in [-0.2, 0) is 9.53 Å². The molecule has 0 saturated carbocycles. The van der Waals surface area contributed by atoms with Crippen LogP contribution < -0.4 is 14.8 Å². The number of nitrogens with one attached hydrogen (secondary N) is 1. The summed E-state index contributed by atoms with van der Waals surface area (Å²) in [4.78, 5) is 17.2. The summed E-state index contributed by atoms with van der Waals surface area (Å²) in [5.74, 6) is 1.48. The van der Waals surface area contributed by atoms with Gasteiger partial charge < -0.3 is 19.5 Å². The van der Waals surface area contributed by atoms with Gasteiger partial charge in [0.25, 0.3) is 0 Å². The van der Waals surface area contributed by atoms with E-state index in [0.29, 0.717) is 35.3 Å². The summed E-state index contributed by atoms with van der Waals surface area (Å²) in [6.07, 6.45) is 5.77. The van der Waals surface area contributed by atoms with Crippen molar-refractivity contribution < 1.29 is 19.0 Å². The molecule has 1 aromatic carbocycles. The van der Waals surface area contributed by atoms with Gasteiger partial charge in [-0.2, -0.15) is 10.1 Å². The first-order valence-corrected chi connectivity index (χ1v) is 10.8. The zero-order chi connectivity index (χ0) is 22.4. The molecule has 1 atom stereocenters. The minimum absolute atomic E-state index is 0.233. The van der Waals surface area contributed by atoms with Gasteiger partial charge in [0.05, 0.1) is 25.4 Å². The number of hydrogen-bond donors (Lipinski definition) is 1. The lowest BCUT2D eigenvalue weighted by Gasteiger charge is -2.29. The first-order chi connectivity index (χ1) is 15.0. The molecule has 1 aromatic heterocycles. The lowest BCUT2D eigenvalue weighted by atomic mass is 9.95. The number of ether oxygens (including phenoxy) is 3. The lowest BCUT2D eigenvalue weighted by molar-refractivity contribution is -0.143. The Morgan fingerprint density at radius 3 is 2.74 bits per heavy atom. The molecule has 3 rings (SSSR count). The van der Waals surface area contributed by atoms with Crippen LogP contribution in [0.1, 0.15) is 65.0 Å². The monoisotopic (exact) mass is 428 g/mol. The highest BCUT2D eigenvalue weighted by Gasteiger charge is 2.35. The summed E-state index contributed by atoms with van der Waals surface area (Å²) >= 11 is 0. The molecule has 0 spiro atoms. The Morgan fingerprint density at radius 1 is 1.23 bits per heavy atom. The zero-order valence-corrected chi connectivity index (χ0v) is 19.0. The number of anilines is 1. The highest BCUT2D eigenvalue weighted by molar-refractivity contribution is 5.92. The molecule has 2 heterocycles. The Labute approximate surface area is 183 Å². The average molecular weight is 429 g/mol. The maximum absolute atomic E-state index is 12.9. The van der Waals surface area contributed by atoms with E-state index in [9.17, 15) is 4.79 Å². The Hall–Kier alpha value is -3.03. The quantitative estimate of drug-likeness (QED) is 0.441. The zero-order valence-electron chi connectivity index (χ0n) is 19.0. The number of aromatic nitrogens is 3. The maximum Gasteiger partial charge on any atom is 0.338 e. The molecule has 0 bridgehead atoms. The number of fused-ring (bicyclic) bond motifs is 1. The second-order valence-corrected chi connectivity index (χ2v) is 7.87. The van der Waals surface area contributed by atoms with Crippen molar-refractivity contribution in [1.82, 2.24) is 14.8 Å². The van der Waals surface area contributed by atoms with Crippen molar-refractivity contribution in [2.75, 3.05) is 19.0 Å². The van der Waals surface area contributed by atoms with Crippen LogP contribution in [0.5, 0.6) is 11.5 Å². The van der Waals surface area contributed by atoms with E-state index >= 15 is 0 Å². The predicted molar refractivity (Wildman–Crippen MR) is 118 cm³/mol. The van der Waals surface area contributed by atoms with Gasteiger partial charge >= 0.3 is 5.97 Å². The van der Waals surface area contributed by atoms with Crippen LogP contribution >= 0.6 is 0 Å². The van der Waals surface area contributed by atoms with E-state index in [1.807, 2.05) is 39.0 Å². The number of hydrogen-bond acceptors (Lipinski definition) is 7. The average Bonchev–Trinajstić information content (AvgIpc) is 3.20. The molecule has 168 valence electrons. The third-order valence-corrected chi connectivity index (χ3v) is 5.12. The van der Waals surface area contributed by atoms with Gasteiger partial charge in [0, 0.05) is 5.70 Å². The van der Waals surface area contributed by atoms with Gasteiger partial charge in [-0.05, 0) is 44.9 Å². The molecule has 31 heavy (non-hydrogen) atoms. The predicted octanol–water partition coefficient (Wildman–Crippen LogP) is 4.49. The molecule has 2 aromatic rings. The van der Waals surface area contributed by atoms with Crippen LogP contribution in [0.15, 0.2) is 35.8 Å².